The number of urea groups is 1. The highest BCUT2D eigenvalue weighted by Crippen LogP contribution is 2.14. The molecule has 0 bridgehead atoms. The maximum Gasteiger partial charge on any atom is 0.329 e. The minimum absolute atomic E-state index is 0.136. The fourth-order valence-corrected chi connectivity index (χ4v) is 1.69. The van der Waals surface area contributed by atoms with Crippen LogP contribution < -0.4 is 16.0 Å². The van der Waals surface area contributed by atoms with Crippen LogP contribution in [0.3, 0.4) is 0 Å². The summed E-state index contributed by atoms with van der Waals surface area (Å²) in [5.74, 6) is -1.19. The van der Waals surface area contributed by atoms with Crippen LogP contribution in [0.5, 0.6) is 0 Å². The lowest BCUT2D eigenvalue weighted by atomic mass is 9.93. The molecule has 0 saturated heterocycles. The van der Waals surface area contributed by atoms with Crippen LogP contribution in [0.1, 0.15) is 46.5 Å². The first-order chi connectivity index (χ1) is 9.41. The van der Waals surface area contributed by atoms with E-state index >= 15 is 0 Å². The highest BCUT2D eigenvalue weighted by molar-refractivity contribution is 5.86. The predicted octanol–water partition coefficient (Wildman–Crippen LogP) is 0.845. The largest absolute Gasteiger partial charge is 0.480 e. The van der Waals surface area contributed by atoms with Crippen LogP contribution in [0.2, 0.25) is 0 Å². The lowest BCUT2D eigenvalue weighted by molar-refractivity contribution is -0.144. The van der Waals surface area contributed by atoms with Crippen molar-refractivity contribution in [3.8, 4) is 0 Å². The van der Waals surface area contributed by atoms with E-state index in [0.717, 1.165) is 6.42 Å². The first-order valence-electron chi connectivity index (χ1n) is 6.98. The van der Waals surface area contributed by atoms with Crippen LogP contribution in [0.15, 0.2) is 0 Å². The van der Waals surface area contributed by atoms with E-state index in [9.17, 15) is 19.5 Å². The Labute approximate surface area is 119 Å². The molecule has 0 aliphatic carbocycles. The normalized spacial score (nSPS) is 10.8. The molecule has 0 atom stereocenters. The molecule has 20 heavy (non-hydrogen) atoms. The number of amides is 3. The van der Waals surface area contributed by atoms with Gasteiger partial charge in [0.25, 0.3) is 0 Å². The zero-order valence-electron chi connectivity index (χ0n) is 12.4. The van der Waals surface area contributed by atoms with Crippen molar-refractivity contribution in [2.45, 2.75) is 52.0 Å². The molecule has 0 radical (unpaired) electrons. The van der Waals surface area contributed by atoms with Crippen molar-refractivity contribution in [3.05, 3.63) is 0 Å². The molecule has 0 unspecified atom stereocenters. The number of rotatable bonds is 9. The highest BCUT2D eigenvalue weighted by Gasteiger charge is 2.36. The average Bonchev–Trinajstić information content (AvgIpc) is 2.42. The third-order valence-electron chi connectivity index (χ3n) is 3.18. The van der Waals surface area contributed by atoms with Crippen LogP contribution in [-0.2, 0) is 9.59 Å². The number of carbonyl (C=O) groups excluding carboxylic acids is 2. The van der Waals surface area contributed by atoms with Crippen molar-refractivity contribution in [2.75, 3.05) is 13.1 Å². The summed E-state index contributed by atoms with van der Waals surface area (Å²) in [6.07, 6.45) is 1.62. The lowest BCUT2D eigenvalue weighted by Crippen LogP contribution is -2.56. The molecule has 0 aromatic carbocycles. The van der Waals surface area contributed by atoms with E-state index < -0.39 is 17.5 Å². The second-order valence-corrected chi connectivity index (χ2v) is 4.58. The molecule has 0 aromatic rings. The number of nitrogens with one attached hydrogen (secondary N) is 3. The summed E-state index contributed by atoms with van der Waals surface area (Å²) in [6, 6.07) is -0.570. The SMILES string of the molecule is CCCNC(=O)CCNC(=O)NC(CC)(CC)C(=O)O. The van der Waals surface area contributed by atoms with E-state index in [-0.39, 0.29) is 18.9 Å². The standard InChI is InChI=1S/C13H25N3O4/c1-4-8-14-10(17)7-9-15-12(20)16-13(5-2,6-3)11(18)19/h4-9H2,1-3H3,(H,14,17)(H,18,19)(H2,15,16,20). The Hall–Kier alpha value is -1.79. The van der Waals surface area contributed by atoms with Crippen LogP contribution in [0, 0.1) is 0 Å². The summed E-state index contributed by atoms with van der Waals surface area (Å²) in [7, 11) is 0. The third kappa shape index (κ3) is 5.90. The van der Waals surface area contributed by atoms with Gasteiger partial charge >= 0.3 is 12.0 Å². The van der Waals surface area contributed by atoms with Gasteiger partial charge in [0.05, 0.1) is 0 Å². The van der Waals surface area contributed by atoms with E-state index in [1.807, 2.05) is 6.92 Å². The topological polar surface area (TPSA) is 108 Å². The molecule has 7 nitrogen and oxygen atoms in total. The van der Waals surface area contributed by atoms with Crippen LogP contribution in [-0.4, -0.2) is 41.6 Å². The molecule has 7 heteroatoms. The number of carboxylic acid groups (broad SMARTS) is 1. The summed E-state index contributed by atoms with van der Waals surface area (Å²) in [5.41, 5.74) is -1.26. The second-order valence-electron chi connectivity index (χ2n) is 4.58. The Morgan fingerprint density at radius 2 is 1.60 bits per heavy atom. The van der Waals surface area contributed by atoms with Crippen molar-refractivity contribution >= 4 is 17.9 Å². The van der Waals surface area contributed by atoms with Gasteiger partial charge in [0.15, 0.2) is 0 Å². The van der Waals surface area contributed by atoms with Crippen molar-refractivity contribution in [2.24, 2.45) is 0 Å². The van der Waals surface area contributed by atoms with Gasteiger partial charge in [-0.15, -0.1) is 0 Å². The number of aliphatic carboxylic acids is 1. The Balaban J connectivity index is 4.16. The fourth-order valence-electron chi connectivity index (χ4n) is 1.69. The maximum absolute atomic E-state index is 11.7. The first-order valence-corrected chi connectivity index (χ1v) is 6.98. The van der Waals surface area contributed by atoms with Crippen LogP contribution in [0.25, 0.3) is 0 Å². The summed E-state index contributed by atoms with van der Waals surface area (Å²) < 4.78 is 0. The Morgan fingerprint density at radius 1 is 1.00 bits per heavy atom. The van der Waals surface area contributed by atoms with E-state index in [2.05, 4.69) is 16.0 Å². The molecule has 0 fully saturated rings. The van der Waals surface area contributed by atoms with Crippen molar-refractivity contribution in [1.29, 1.82) is 0 Å². The monoisotopic (exact) mass is 287 g/mol. The summed E-state index contributed by atoms with van der Waals surface area (Å²) in [4.78, 5) is 34.2. The minimum atomic E-state index is -1.26. The Bertz CT molecular complexity index is 341. The van der Waals surface area contributed by atoms with Crippen LogP contribution in [0.4, 0.5) is 4.79 Å². The Morgan fingerprint density at radius 3 is 2.05 bits per heavy atom. The van der Waals surface area contributed by atoms with Gasteiger partial charge in [-0.25, -0.2) is 9.59 Å². The molecule has 4 N–H and O–H groups in total. The number of hydrogen-bond donors (Lipinski definition) is 4. The molecule has 0 aromatic heterocycles. The zero-order chi connectivity index (χ0) is 15.6. The fraction of sp³-hybridized carbons (Fsp3) is 0.769. The number of carbonyl (C=O) groups is 3. The highest BCUT2D eigenvalue weighted by atomic mass is 16.4. The minimum Gasteiger partial charge on any atom is -0.480 e. The van der Waals surface area contributed by atoms with Gasteiger partial charge in [-0.1, -0.05) is 20.8 Å². The van der Waals surface area contributed by atoms with Gasteiger partial charge in [-0.05, 0) is 19.3 Å². The molecular weight excluding hydrogens is 262 g/mol. The Kier molecular flexibility index (Phi) is 8.35. The van der Waals surface area contributed by atoms with E-state index in [0.29, 0.717) is 19.4 Å². The molecule has 116 valence electrons. The maximum atomic E-state index is 11.7. The van der Waals surface area contributed by atoms with E-state index in [1.165, 1.54) is 0 Å². The van der Waals surface area contributed by atoms with E-state index in [4.69, 9.17) is 0 Å². The van der Waals surface area contributed by atoms with Gasteiger partial charge in [-0.3, -0.25) is 4.79 Å². The smallest absolute Gasteiger partial charge is 0.329 e. The molecule has 0 rings (SSSR count). The molecule has 0 saturated carbocycles. The van der Waals surface area contributed by atoms with Gasteiger partial charge in [0, 0.05) is 19.5 Å². The summed E-state index contributed by atoms with van der Waals surface area (Å²) in [5, 5.41) is 16.8. The van der Waals surface area contributed by atoms with Gasteiger partial charge in [-0.2, -0.15) is 0 Å². The molecular formula is C13H25N3O4. The molecule has 0 aliphatic rings. The quantitative estimate of drug-likeness (QED) is 0.504. The van der Waals surface area contributed by atoms with Crippen molar-refractivity contribution in [3.63, 3.8) is 0 Å². The van der Waals surface area contributed by atoms with Gasteiger partial charge in [0.2, 0.25) is 5.91 Å². The van der Waals surface area contributed by atoms with Gasteiger partial charge < -0.3 is 21.1 Å². The second kappa shape index (κ2) is 9.17. The number of carboxylic acids is 1. The lowest BCUT2D eigenvalue weighted by Gasteiger charge is -2.28. The summed E-state index contributed by atoms with van der Waals surface area (Å²) >= 11 is 0. The van der Waals surface area contributed by atoms with Crippen LogP contribution >= 0.6 is 0 Å². The summed E-state index contributed by atoms with van der Waals surface area (Å²) in [6.45, 7) is 6.14. The van der Waals surface area contributed by atoms with Crippen molar-refractivity contribution in [1.82, 2.24) is 16.0 Å². The third-order valence-corrected chi connectivity index (χ3v) is 3.18. The zero-order valence-corrected chi connectivity index (χ0v) is 12.4. The molecule has 0 heterocycles. The number of hydrogen-bond acceptors (Lipinski definition) is 3. The predicted molar refractivity (Wildman–Crippen MR) is 75.4 cm³/mol. The molecule has 0 spiro atoms. The first kappa shape index (κ1) is 18.2. The molecule has 0 aliphatic heterocycles. The molecule has 3 amide bonds. The average molecular weight is 287 g/mol. The van der Waals surface area contributed by atoms with Gasteiger partial charge in [0.1, 0.15) is 5.54 Å². The van der Waals surface area contributed by atoms with E-state index in [1.54, 1.807) is 13.8 Å². The van der Waals surface area contributed by atoms with Crippen molar-refractivity contribution < 1.29 is 19.5 Å².